The van der Waals surface area contributed by atoms with Crippen molar-refractivity contribution in [1.82, 2.24) is 9.78 Å². The van der Waals surface area contributed by atoms with Gasteiger partial charge in [-0.25, -0.2) is 8.78 Å². The van der Waals surface area contributed by atoms with Crippen LogP contribution in [-0.2, 0) is 37.5 Å². The summed E-state index contributed by atoms with van der Waals surface area (Å²) >= 11 is 0. The van der Waals surface area contributed by atoms with E-state index in [2.05, 4.69) is 5.10 Å². The lowest BCUT2D eigenvalue weighted by Crippen LogP contribution is -2.31. The molecule has 0 atom stereocenters. The van der Waals surface area contributed by atoms with Crippen LogP contribution in [-0.4, -0.2) is 22.2 Å². The van der Waals surface area contributed by atoms with Crippen molar-refractivity contribution in [3.05, 3.63) is 46.3 Å². The fourth-order valence-corrected chi connectivity index (χ4v) is 3.48. The maximum Gasteiger partial charge on any atom is 0.231 e. The number of rotatable bonds is 4. The molecule has 24 heavy (non-hydrogen) atoms. The fourth-order valence-electron chi connectivity index (χ4n) is 3.48. The molecule has 0 fully saturated rings. The van der Waals surface area contributed by atoms with Crippen LogP contribution in [0.15, 0.2) is 12.1 Å². The highest BCUT2D eigenvalue weighted by Gasteiger charge is 2.28. The number of benzene rings is 1. The molecule has 0 spiro atoms. The van der Waals surface area contributed by atoms with E-state index < -0.39 is 11.6 Å². The number of hydrogen-bond donors (Lipinski definition) is 0. The van der Waals surface area contributed by atoms with Crippen molar-refractivity contribution in [1.29, 1.82) is 0 Å². The first-order chi connectivity index (χ1) is 11.5. The molecule has 2 aromatic rings. The third-order valence-electron chi connectivity index (χ3n) is 4.67. The monoisotopic (exact) mass is 333 g/mol. The largest absolute Gasteiger partial charge is 0.311 e. The molecule has 1 aromatic carbocycles. The lowest BCUT2D eigenvalue weighted by Gasteiger charge is -2.18. The molecule has 0 saturated heterocycles. The molecule has 4 nitrogen and oxygen atoms in total. The quantitative estimate of drug-likeness (QED) is 0.863. The van der Waals surface area contributed by atoms with Gasteiger partial charge in [-0.1, -0.05) is 13.8 Å². The maximum absolute atomic E-state index is 13.6. The topological polar surface area (TPSA) is 38.1 Å². The summed E-state index contributed by atoms with van der Waals surface area (Å²) in [5.74, 6) is -1.88. The summed E-state index contributed by atoms with van der Waals surface area (Å²) < 4.78 is 28.7. The number of aromatic nitrogens is 2. The summed E-state index contributed by atoms with van der Waals surface area (Å²) in [7, 11) is 1.88. The molecule has 1 aliphatic rings. The molecule has 1 amide bonds. The number of amides is 1. The zero-order chi connectivity index (χ0) is 17.4. The first-order valence-corrected chi connectivity index (χ1v) is 8.28. The average Bonchev–Trinajstić information content (AvgIpc) is 3.08. The number of nitrogens with zero attached hydrogens (tertiary/aromatic N) is 3. The van der Waals surface area contributed by atoms with Crippen molar-refractivity contribution in [2.75, 3.05) is 11.4 Å². The number of carbonyl (C=O) groups excluding carboxylic acids is 1. The normalized spacial score (nSPS) is 13.5. The van der Waals surface area contributed by atoms with Crippen molar-refractivity contribution in [2.45, 2.75) is 39.5 Å². The van der Waals surface area contributed by atoms with E-state index in [4.69, 9.17) is 0 Å². The standard InChI is InChI=1S/C18H21F2N3O/c1-4-15-12(16(5-2)22(3)21-15)9-18(24)23-7-6-11-8-13(19)14(20)10-17(11)23/h8,10H,4-7,9H2,1-3H3. The Bertz CT molecular complexity index is 798. The number of halogens is 2. The van der Waals surface area contributed by atoms with Crippen LogP contribution < -0.4 is 4.90 Å². The van der Waals surface area contributed by atoms with Crippen LogP contribution in [0.1, 0.15) is 36.4 Å². The SMILES string of the molecule is CCc1nn(C)c(CC)c1CC(=O)N1CCc2cc(F)c(F)cc21. The molecule has 0 N–H and O–H groups in total. The molecule has 1 aromatic heterocycles. The minimum absolute atomic E-state index is 0.0999. The van der Waals surface area contributed by atoms with Crippen molar-refractivity contribution < 1.29 is 13.6 Å². The van der Waals surface area contributed by atoms with Gasteiger partial charge in [-0.05, 0) is 30.9 Å². The van der Waals surface area contributed by atoms with Crippen LogP contribution in [0.3, 0.4) is 0 Å². The first-order valence-electron chi connectivity index (χ1n) is 8.28. The summed E-state index contributed by atoms with van der Waals surface area (Å²) in [6.07, 6.45) is 2.33. The third kappa shape index (κ3) is 2.70. The number of aryl methyl sites for hydroxylation is 2. The molecular formula is C18H21F2N3O. The highest BCUT2D eigenvalue weighted by molar-refractivity contribution is 5.97. The number of anilines is 1. The fraction of sp³-hybridized carbons (Fsp3) is 0.444. The Kier molecular flexibility index (Phi) is 4.39. The van der Waals surface area contributed by atoms with E-state index in [1.807, 2.05) is 25.6 Å². The Hall–Kier alpha value is -2.24. The second-order valence-electron chi connectivity index (χ2n) is 6.07. The number of carbonyl (C=O) groups is 1. The van der Waals surface area contributed by atoms with Gasteiger partial charge in [0.2, 0.25) is 5.91 Å². The van der Waals surface area contributed by atoms with Gasteiger partial charge in [-0.15, -0.1) is 0 Å². The maximum atomic E-state index is 13.6. The van der Waals surface area contributed by atoms with Gasteiger partial charge in [0.25, 0.3) is 0 Å². The van der Waals surface area contributed by atoms with Gasteiger partial charge in [0.05, 0.1) is 17.8 Å². The van der Waals surface area contributed by atoms with Gasteiger partial charge in [0.15, 0.2) is 11.6 Å². The van der Waals surface area contributed by atoms with Crippen molar-refractivity contribution in [3.8, 4) is 0 Å². The van der Waals surface area contributed by atoms with E-state index in [0.29, 0.717) is 24.2 Å². The van der Waals surface area contributed by atoms with Crippen LogP contribution in [0.5, 0.6) is 0 Å². The average molecular weight is 333 g/mol. The Morgan fingerprint density at radius 1 is 1.21 bits per heavy atom. The van der Waals surface area contributed by atoms with Crippen LogP contribution in [0.2, 0.25) is 0 Å². The smallest absolute Gasteiger partial charge is 0.231 e. The third-order valence-corrected chi connectivity index (χ3v) is 4.67. The number of hydrogen-bond acceptors (Lipinski definition) is 2. The molecule has 6 heteroatoms. The highest BCUT2D eigenvalue weighted by Crippen LogP contribution is 2.31. The molecule has 2 heterocycles. The summed E-state index contributed by atoms with van der Waals surface area (Å²) in [6.45, 7) is 4.51. The van der Waals surface area contributed by atoms with E-state index in [1.165, 1.54) is 6.07 Å². The van der Waals surface area contributed by atoms with Crippen LogP contribution in [0, 0.1) is 11.6 Å². The minimum Gasteiger partial charge on any atom is -0.311 e. The molecule has 1 aliphatic heterocycles. The van der Waals surface area contributed by atoms with E-state index in [9.17, 15) is 13.6 Å². The lowest BCUT2D eigenvalue weighted by molar-refractivity contribution is -0.117. The van der Waals surface area contributed by atoms with Gasteiger partial charge in [-0.2, -0.15) is 5.10 Å². The van der Waals surface area contributed by atoms with Gasteiger partial charge in [0.1, 0.15) is 0 Å². The Balaban J connectivity index is 1.90. The molecule has 0 aliphatic carbocycles. The molecule has 0 saturated carbocycles. The molecule has 128 valence electrons. The second-order valence-corrected chi connectivity index (χ2v) is 6.07. The summed E-state index contributed by atoms with van der Waals surface area (Å²) in [4.78, 5) is 14.4. The van der Waals surface area contributed by atoms with Gasteiger partial charge in [-0.3, -0.25) is 9.48 Å². The van der Waals surface area contributed by atoms with Crippen LogP contribution in [0.25, 0.3) is 0 Å². The van der Waals surface area contributed by atoms with Crippen molar-refractivity contribution >= 4 is 11.6 Å². The molecule has 0 radical (unpaired) electrons. The van der Waals surface area contributed by atoms with E-state index >= 15 is 0 Å². The minimum atomic E-state index is -0.918. The van der Waals surface area contributed by atoms with Crippen LogP contribution >= 0.6 is 0 Å². The van der Waals surface area contributed by atoms with Gasteiger partial charge >= 0.3 is 0 Å². The van der Waals surface area contributed by atoms with Crippen LogP contribution in [0.4, 0.5) is 14.5 Å². The van der Waals surface area contributed by atoms with Crippen molar-refractivity contribution in [2.24, 2.45) is 7.05 Å². The second kappa shape index (κ2) is 6.34. The van der Waals surface area contributed by atoms with E-state index in [-0.39, 0.29) is 12.3 Å². The summed E-state index contributed by atoms with van der Waals surface area (Å²) in [5, 5.41) is 4.49. The lowest BCUT2D eigenvalue weighted by atomic mass is 10.0. The summed E-state index contributed by atoms with van der Waals surface area (Å²) in [6, 6.07) is 2.32. The highest BCUT2D eigenvalue weighted by atomic mass is 19.2. The van der Waals surface area contributed by atoms with Crippen molar-refractivity contribution in [3.63, 3.8) is 0 Å². The molecular weight excluding hydrogens is 312 g/mol. The summed E-state index contributed by atoms with van der Waals surface area (Å²) in [5.41, 5.74) is 4.10. The molecule has 3 rings (SSSR count). The molecule has 0 unspecified atom stereocenters. The zero-order valence-electron chi connectivity index (χ0n) is 14.2. The Morgan fingerprint density at radius 3 is 2.58 bits per heavy atom. The van der Waals surface area contributed by atoms with Gasteiger partial charge < -0.3 is 4.90 Å². The predicted octanol–water partition coefficient (Wildman–Crippen LogP) is 2.95. The first kappa shape index (κ1) is 16.6. The number of fused-ring (bicyclic) bond motifs is 1. The Labute approximate surface area is 140 Å². The predicted molar refractivity (Wildman–Crippen MR) is 88.1 cm³/mol. The van der Waals surface area contributed by atoms with E-state index in [1.54, 1.807) is 4.90 Å². The molecule has 0 bridgehead atoms. The van der Waals surface area contributed by atoms with E-state index in [0.717, 1.165) is 35.9 Å². The zero-order valence-corrected chi connectivity index (χ0v) is 14.2. The van der Waals surface area contributed by atoms with Gasteiger partial charge in [0, 0.05) is 30.9 Å². The Morgan fingerprint density at radius 2 is 1.92 bits per heavy atom.